The molecule has 0 bridgehead atoms. The van der Waals surface area contributed by atoms with Crippen LogP contribution in [0, 0.1) is 5.82 Å². The number of carboxylic acid groups (broad SMARTS) is 1. The zero-order valence-electron chi connectivity index (χ0n) is 13.1. The Kier molecular flexibility index (Phi) is 4.26. The van der Waals surface area contributed by atoms with Crippen LogP contribution in [0.4, 0.5) is 4.39 Å². The summed E-state index contributed by atoms with van der Waals surface area (Å²) >= 11 is 1.30. The van der Waals surface area contributed by atoms with Gasteiger partial charge in [0.2, 0.25) is 5.16 Å². The van der Waals surface area contributed by atoms with Gasteiger partial charge in [-0.2, -0.15) is 9.78 Å². The molecule has 0 unspecified atom stereocenters. The number of hydrogen-bond acceptors (Lipinski definition) is 6. The fourth-order valence-corrected chi connectivity index (χ4v) is 4.04. The average molecular weight is 362 g/mol. The van der Waals surface area contributed by atoms with Crippen LogP contribution in [0.15, 0.2) is 34.5 Å². The number of thioether (sulfide) groups is 1. The molecule has 9 heteroatoms. The van der Waals surface area contributed by atoms with Crippen LogP contribution >= 0.6 is 11.8 Å². The van der Waals surface area contributed by atoms with E-state index in [-0.39, 0.29) is 18.3 Å². The van der Waals surface area contributed by atoms with E-state index in [0.717, 1.165) is 12.8 Å². The summed E-state index contributed by atoms with van der Waals surface area (Å²) in [6.07, 6.45) is 1.54. The molecule has 2 aliphatic rings. The summed E-state index contributed by atoms with van der Waals surface area (Å²) in [6, 6.07) is 5.88. The van der Waals surface area contributed by atoms with E-state index in [1.54, 1.807) is 16.8 Å². The number of hydrogen-bond donors (Lipinski definition) is 1. The van der Waals surface area contributed by atoms with Gasteiger partial charge in [-0.05, 0) is 30.5 Å². The second kappa shape index (κ2) is 6.57. The average Bonchev–Trinajstić information content (AvgIpc) is 3.23. The van der Waals surface area contributed by atoms with Crippen LogP contribution in [-0.4, -0.2) is 43.5 Å². The molecule has 1 saturated heterocycles. The van der Waals surface area contributed by atoms with Crippen LogP contribution in [0.25, 0.3) is 0 Å². The summed E-state index contributed by atoms with van der Waals surface area (Å²) in [6.45, 7) is 0.677. The number of rotatable bonds is 4. The number of fused-ring (bicyclic) bond motifs is 1. The lowest BCUT2D eigenvalue weighted by molar-refractivity contribution is -0.136. The van der Waals surface area contributed by atoms with E-state index in [1.807, 2.05) is 0 Å². The molecule has 7 nitrogen and oxygen atoms in total. The van der Waals surface area contributed by atoms with Crippen molar-refractivity contribution in [3.63, 3.8) is 0 Å². The predicted octanol–water partition coefficient (Wildman–Crippen LogP) is 2.47. The first kappa shape index (κ1) is 16.2. The molecule has 25 heavy (non-hydrogen) atoms. The Morgan fingerprint density at radius 2 is 2.16 bits per heavy atom. The molecule has 4 rings (SSSR count). The quantitative estimate of drug-likeness (QED) is 0.899. The van der Waals surface area contributed by atoms with Crippen molar-refractivity contribution < 1.29 is 19.0 Å². The zero-order valence-corrected chi connectivity index (χ0v) is 13.9. The molecule has 3 heterocycles. The summed E-state index contributed by atoms with van der Waals surface area (Å²) in [4.78, 5) is 11.2. The highest BCUT2D eigenvalue weighted by molar-refractivity contribution is 8.00. The fraction of sp³-hybridized carbons (Fsp3) is 0.375. The molecular weight excluding hydrogens is 347 g/mol. The monoisotopic (exact) mass is 362 g/mol. The molecule has 130 valence electrons. The SMILES string of the molecule is O=C(O)C[C@@H]1Sc2nnc([C@H]3CCCO3)n2N=C1c1ccc(F)cc1. The van der Waals surface area contributed by atoms with Gasteiger partial charge < -0.3 is 9.84 Å². The third-order valence-corrected chi connectivity index (χ3v) is 5.25. The summed E-state index contributed by atoms with van der Waals surface area (Å²) in [5, 5.41) is 22.3. The Bertz CT molecular complexity index is 830. The van der Waals surface area contributed by atoms with Crippen LogP contribution in [-0.2, 0) is 9.53 Å². The van der Waals surface area contributed by atoms with Gasteiger partial charge in [-0.15, -0.1) is 10.2 Å². The van der Waals surface area contributed by atoms with E-state index < -0.39 is 11.2 Å². The summed E-state index contributed by atoms with van der Waals surface area (Å²) < 4.78 is 20.5. The Labute approximate surface area is 146 Å². The predicted molar refractivity (Wildman–Crippen MR) is 88.2 cm³/mol. The largest absolute Gasteiger partial charge is 0.481 e. The van der Waals surface area contributed by atoms with Crippen molar-refractivity contribution in [1.29, 1.82) is 0 Å². The smallest absolute Gasteiger partial charge is 0.304 e. The number of benzene rings is 1. The molecule has 2 aliphatic heterocycles. The Morgan fingerprint density at radius 3 is 2.84 bits per heavy atom. The molecule has 0 saturated carbocycles. The van der Waals surface area contributed by atoms with Gasteiger partial charge in [0, 0.05) is 6.61 Å². The van der Waals surface area contributed by atoms with Crippen LogP contribution in [0.1, 0.15) is 36.8 Å². The maximum Gasteiger partial charge on any atom is 0.304 e. The van der Waals surface area contributed by atoms with Crippen LogP contribution in [0.5, 0.6) is 0 Å². The van der Waals surface area contributed by atoms with Gasteiger partial charge >= 0.3 is 5.97 Å². The van der Waals surface area contributed by atoms with Gasteiger partial charge in [0.1, 0.15) is 11.9 Å². The number of halogens is 1. The van der Waals surface area contributed by atoms with Crippen molar-refractivity contribution in [2.24, 2.45) is 5.10 Å². The molecule has 1 aromatic carbocycles. The summed E-state index contributed by atoms with van der Waals surface area (Å²) in [7, 11) is 0. The Hall–Kier alpha value is -2.26. The lowest BCUT2D eigenvalue weighted by Crippen LogP contribution is -2.27. The molecule has 1 aromatic heterocycles. The highest BCUT2D eigenvalue weighted by Gasteiger charge is 2.33. The minimum absolute atomic E-state index is 0.108. The number of ether oxygens (including phenoxy) is 1. The van der Waals surface area contributed by atoms with Crippen LogP contribution < -0.4 is 0 Å². The number of carbonyl (C=O) groups is 1. The van der Waals surface area contributed by atoms with Crippen molar-refractivity contribution in [1.82, 2.24) is 14.9 Å². The maximum atomic E-state index is 13.2. The maximum absolute atomic E-state index is 13.2. The first-order valence-electron chi connectivity index (χ1n) is 7.92. The highest BCUT2D eigenvalue weighted by atomic mass is 32.2. The van der Waals surface area contributed by atoms with Gasteiger partial charge in [0.25, 0.3) is 0 Å². The first-order valence-corrected chi connectivity index (χ1v) is 8.80. The van der Waals surface area contributed by atoms with E-state index >= 15 is 0 Å². The van der Waals surface area contributed by atoms with E-state index in [2.05, 4.69) is 15.3 Å². The Morgan fingerprint density at radius 1 is 1.36 bits per heavy atom. The molecule has 2 aromatic rings. The first-order chi connectivity index (χ1) is 12.1. The molecule has 1 N–H and O–H groups in total. The van der Waals surface area contributed by atoms with Crippen molar-refractivity contribution in [3.05, 3.63) is 41.5 Å². The lowest BCUT2D eigenvalue weighted by atomic mass is 10.1. The van der Waals surface area contributed by atoms with Gasteiger partial charge in [0.05, 0.1) is 17.4 Å². The van der Waals surface area contributed by atoms with Crippen molar-refractivity contribution in [3.8, 4) is 0 Å². The number of nitrogens with zero attached hydrogens (tertiary/aromatic N) is 4. The zero-order chi connectivity index (χ0) is 17.4. The molecule has 1 fully saturated rings. The number of carboxylic acids is 1. The number of aliphatic carboxylic acids is 1. The van der Waals surface area contributed by atoms with E-state index in [4.69, 9.17) is 4.74 Å². The van der Waals surface area contributed by atoms with E-state index in [1.165, 1.54) is 23.9 Å². The van der Waals surface area contributed by atoms with E-state index in [0.29, 0.717) is 28.9 Å². The fourth-order valence-electron chi connectivity index (χ4n) is 2.94. The van der Waals surface area contributed by atoms with Gasteiger partial charge in [-0.3, -0.25) is 4.79 Å². The van der Waals surface area contributed by atoms with Crippen molar-refractivity contribution in [2.45, 2.75) is 35.8 Å². The third kappa shape index (κ3) is 3.16. The molecule has 0 radical (unpaired) electrons. The normalized spacial score (nSPS) is 22.5. The van der Waals surface area contributed by atoms with Crippen LogP contribution in [0.3, 0.4) is 0 Å². The minimum Gasteiger partial charge on any atom is -0.481 e. The second-order valence-corrected chi connectivity index (χ2v) is 7.02. The van der Waals surface area contributed by atoms with E-state index in [9.17, 15) is 14.3 Å². The topological polar surface area (TPSA) is 89.6 Å². The van der Waals surface area contributed by atoms with Gasteiger partial charge in [-0.25, -0.2) is 4.39 Å². The molecule has 2 atom stereocenters. The van der Waals surface area contributed by atoms with Crippen LogP contribution in [0.2, 0.25) is 0 Å². The number of aromatic nitrogens is 3. The second-order valence-electron chi connectivity index (χ2n) is 5.85. The van der Waals surface area contributed by atoms with Crippen molar-refractivity contribution in [2.75, 3.05) is 6.61 Å². The highest BCUT2D eigenvalue weighted by Crippen LogP contribution is 2.36. The van der Waals surface area contributed by atoms with Crippen molar-refractivity contribution >= 4 is 23.4 Å². The van der Waals surface area contributed by atoms with Gasteiger partial charge in [0.15, 0.2) is 5.82 Å². The molecular formula is C16H15FN4O3S. The molecule has 0 aliphatic carbocycles. The minimum atomic E-state index is -0.931. The summed E-state index contributed by atoms with van der Waals surface area (Å²) in [5.41, 5.74) is 1.25. The lowest BCUT2D eigenvalue weighted by Gasteiger charge is -2.22. The third-order valence-electron chi connectivity index (χ3n) is 4.11. The molecule has 0 amide bonds. The Balaban J connectivity index is 1.76. The van der Waals surface area contributed by atoms with Gasteiger partial charge in [-0.1, -0.05) is 23.9 Å². The molecule has 0 spiro atoms. The summed E-state index contributed by atoms with van der Waals surface area (Å²) in [5.74, 6) is -0.666. The standard InChI is InChI=1S/C16H15FN4O3S/c17-10-5-3-9(4-6-10)14-12(8-13(22)23)25-16-19-18-15(21(16)20-14)11-2-1-7-24-11/h3-6,11-12H,1-2,7-8H2,(H,22,23)/t11-,12+/m1/s1.